The van der Waals surface area contributed by atoms with E-state index in [0.717, 1.165) is 5.56 Å². The van der Waals surface area contributed by atoms with Crippen LogP contribution in [0.25, 0.3) is 0 Å². The molecule has 2 rings (SSSR count). The van der Waals surface area contributed by atoms with Gasteiger partial charge in [0.2, 0.25) is 5.03 Å². The maximum atomic E-state index is 12.2. The van der Waals surface area contributed by atoms with Gasteiger partial charge in [-0.3, -0.25) is 9.82 Å². The van der Waals surface area contributed by atoms with Crippen LogP contribution in [0.3, 0.4) is 0 Å². The second kappa shape index (κ2) is 5.02. The Morgan fingerprint density at radius 3 is 2.47 bits per heavy atom. The number of hydrogen-bond acceptors (Lipinski definition) is 4. The summed E-state index contributed by atoms with van der Waals surface area (Å²) in [5.41, 5.74) is 8.26. The zero-order valence-corrected chi connectivity index (χ0v) is 11.6. The topological polar surface area (TPSA) is 101 Å². The van der Waals surface area contributed by atoms with E-state index in [-0.39, 0.29) is 11.6 Å². The van der Waals surface area contributed by atoms with Crippen LogP contribution in [0.2, 0.25) is 0 Å². The van der Waals surface area contributed by atoms with Gasteiger partial charge in [-0.25, -0.2) is 0 Å². The molecule has 0 amide bonds. The number of aromatic nitrogens is 2. The molecule has 0 aliphatic rings. The normalized spacial score (nSPS) is 11.5. The highest BCUT2D eigenvalue weighted by Gasteiger charge is 2.23. The standard InChI is InChI=1S/C12H16N4O2S/c1-8-3-5-10(6-4-8)16-19(17,18)12-11(7-13)9(2)14-15-12/h3-6,16H,7,13H2,1-2H3,(H,14,15). The Bertz CT molecular complexity index is 674. The van der Waals surface area contributed by atoms with Crippen molar-refractivity contribution in [3.8, 4) is 0 Å². The van der Waals surface area contributed by atoms with Crippen molar-refractivity contribution in [2.75, 3.05) is 4.72 Å². The van der Waals surface area contributed by atoms with Crippen LogP contribution >= 0.6 is 0 Å². The number of H-pyrrole nitrogens is 1. The molecule has 2 aromatic rings. The molecule has 0 radical (unpaired) electrons. The molecule has 0 saturated carbocycles. The molecule has 1 aromatic carbocycles. The number of rotatable bonds is 4. The summed E-state index contributed by atoms with van der Waals surface area (Å²) >= 11 is 0. The predicted molar refractivity (Wildman–Crippen MR) is 73.2 cm³/mol. The van der Waals surface area contributed by atoms with Crippen molar-refractivity contribution in [1.82, 2.24) is 10.2 Å². The average Bonchev–Trinajstić information content (AvgIpc) is 2.74. The molecule has 0 unspecified atom stereocenters. The molecule has 0 fully saturated rings. The second-order valence-corrected chi connectivity index (χ2v) is 5.91. The van der Waals surface area contributed by atoms with Gasteiger partial charge in [0.15, 0.2) is 0 Å². The number of hydrogen-bond donors (Lipinski definition) is 3. The van der Waals surface area contributed by atoms with Gasteiger partial charge in [0, 0.05) is 23.5 Å². The lowest BCUT2D eigenvalue weighted by atomic mass is 10.2. The van der Waals surface area contributed by atoms with E-state index >= 15 is 0 Å². The first kappa shape index (κ1) is 13.6. The predicted octanol–water partition coefficient (Wildman–Crippen LogP) is 1.29. The van der Waals surface area contributed by atoms with Gasteiger partial charge in [-0.2, -0.15) is 13.5 Å². The molecule has 0 saturated heterocycles. The van der Waals surface area contributed by atoms with Crippen molar-refractivity contribution < 1.29 is 8.42 Å². The smallest absolute Gasteiger partial charge is 0.281 e. The summed E-state index contributed by atoms with van der Waals surface area (Å²) in [6, 6.07) is 7.07. The monoisotopic (exact) mass is 280 g/mol. The Morgan fingerprint density at radius 2 is 1.89 bits per heavy atom. The lowest BCUT2D eigenvalue weighted by molar-refractivity contribution is 0.596. The van der Waals surface area contributed by atoms with Crippen LogP contribution in [0.1, 0.15) is 16.8 Å². The summed E-state index contributed by atoms with van der Waals surface area (Å²) in [5.74, 6) is 0. The number of nitrogens with zero attached hydrogens (tertiary/aromatic N) is 1. The third-order valence-corrected chi connectivity index (χ3v) is 4.15. The highest BCUT2D eigenvalue weighted by Crippen LogP contribution is 2.19. The number of nitrogens with one attached hydrogen (secondary N) is 2. The highest BCUT2D eigenvalue weighted by molar-refractivity contribution is 7.92. The molecule has 4 N–H and O–H groups in total. The van der Waals surface area contributed by atoms with E-state index in [1.54, 1.807) is 19.1 Å². The van der Waals surface area contributed by atoms with Crippen LogP contribution in [0.15, 0.2) is 29.3 Å². The first-order valence-electron chi connectivity index (χ1n) is 5.77. The van der Waals surface area contributed by atoms with Crippen LogP contribution in [0.4, 0.5) is 5.69 Å². The van der Waals surface area contributed by atoms with Crippen LogP contribution in [-0.4, -0.2) is 18.6 Å². The molecule has 0 spiro atoms. The van der Waals surface area contributed by atoms with Gasteiger partial charge in [-0.05, 0) is 26.0 Å². The van der Waals surface area contributed by atoms with E-state index in [9.17, 15) is 8.42 Å². The number of aromatic amines is 1. The third-order valence-electron chi connectivity index (χ3n) is 2.80. The fourth-order valence-corrected chi connectivity index (χ4v) is 2.99. The lowest BCUT2D eigenvalue weighted by Gasteiger charge is -2.07. The molecule has 19 heavy (non-hydrogen) atoms. The van der Waals surface area contributed by atoms with E-state index in [4.69, 9.17) is 5.73 Å². The van der Waals surface area contributed by atoms with Crippen molar-refractivity contribution in [3.63, 3.8) is 0 Å². The van der Waals surface area contributed by atoms with E-state index in [2.05, 4.69) is 14.9 Å². The number of aryl methyl sites for hydroxylation is 2. The van der Waals surface area contributed by atoms with Gasteiger partial charge in [0.1, 0.15) is 0 Å². The first-order chi connectivity index (χ1) is 8.94. The van der Waals surface area contributed by atoms with Crippen LogP contribution in [0, 0.1) is 13.8 Å². The summed E-state index contributed by atoms with van der Waals surface area (Å²) in [6.07, 6.45) is 0. The maximum Gasteiger partial charge on any atom is 0.281 e. The van der Waals surface area contributed by atoms with Crippen molar-refractivity contribution in [2.24, 2.45) is 5.73 Å². The van der Waals surface area contributed by atoms with Gasteiger partial charge in [-0.1, -0.05) is 17.7 Å². The van der Waals surface area contributed by atoms with Crippen molar-refractivity contribution >= 4 is 15.7 Å². The quantitative estimate of drug-likeness (QED) is 0.785. The van der Waals surface area contributed by atoms with Gasteiger partial charge < -0.3 is 5.73 Å². The summed E-state index contributed by atoms with van der Waals surface area (Å²) in [6.45, 7) is 3.79. The first-order valence-corrected chi connectivity index (χ1v) is 7.26. The van der Waals surface area contributed by atoms with Crippen molar-refractivity contribution in [1.29, 1.82) is 0 Å². The van der Waals surface area contributed by atoms with Gasteiger partial charge >= 0.3 is 0 Å². The third kappa shape index (κ3) is 2.77. The summed E-state index contributed by atoms with van der Waals surface area (Å²) in [7, 11) is -3.72. The van der Waals surface area contributed by atoms with Gasteiger partial charge in [0.05, 0.1) is 0 Å². The largest absolute Gasteiger partial charge is 0.326 e. The number of sulfonamides is 1. The maximum absolute atomic E-state index is 12.2. The molecule has 0 aliphatic carbocycles. The fraction of sp³-hybridized carbons (Fsp3) is 0.250. The fourth-order valence-electron chi connectivity index (χ4n) is 1.72. The SMILES string of the molecule is Cc1ccc(NS(=O)(=O)c2n[nH]c(C)c2CN)cc1. The summed E-state index contributed by atoms with van der Waals surface area (Å²) in [4.78, 5) is 0. The number of anilines is 1. The van der Waals surface area contributed by atoms with E-state index in [1.165, 1.54) is 0 Å². The van der Waals surface area contributed by atoms with Crippen molar-refractivity contribution in [2.45, 2.75) is 25.4 Å². The zero-order chi connectivity index (χ0) is 14.0. The zero-order valence-electron chi connectivity index (χ0n) is 10.8. The highest BCUT2D eigenvalue weighted by atomic mass is 32.2. The molecule has 0 aliphatic heterocycles. The van der Waals surface area contributed by atoms with Gasteiger partial charge in [-0.15, -0.1) is 0 Å². The molecule has 6 nitrogen and oxygen atoms in total. The molecular formula is C12H16N4O2S. The molecule has 0 atom stereocenters. The molecule has 102 valence electrons. The molecule has 7 heteroatoms. The Kier molecular flexibility index (Phi) is 3.59. The lowest BCUT2D eigenvalue weighted by Crippen LogP contribution is -2.16. The Hall–Kier alpha value is -1.86. The minimum Gasteiger partial charge on any atom is -0.326 e. The molecule has 0 bridgehead atoms. The Labute approximate surface area is 112 Å². The minimum absolute atomic E-state index is 0.0481. The van der Waals surface area contributed by atoms with Crippen molar-refractivity contribution in [3.05, 3.63) is 41.1 Å². The second-order valence-electron chi connectivity index (χ2n) is 4.31. The Morgan fingerprint density at radius 1 is 1.26 bits per heavy atom. The number of benzene rings is 1. The van der Waals surface area contributed by atoms with E-state index in [1.807, 2.05) is 19.1 Å². The molecule has 1 heterocycles. The van der Waals surface area contributed by atoms with Crippen LogP contribution < -0.4 is 10.5 Å². The molecular weight excluding hydrogens is 264 g/mol. The molecule has 1 aromatic heterocycles. The Balaban J connectivity index is 2.35. The minimum atomic E-state index is -3.72. The van der Waals surface area contributed by atoms with Crippen LogP contribution in [-0.2, 0) is 16.6 Å². The number of nitrogens with two attached hydrogens (primary N) is 1. The van der Waals surface area contributed by atoms with Crippen LogP contribution in [0.5, 0.6) is 0 Å². The summed E-state index contributed by atoms with van der Waals surface area (Å²) < 4.78 is 26.9. The van der Waals surface area contributed by atoms with Gasteiger partial charge in [0.25, 0.3) is 10.0 Å². The van der Waals surface area contributed by atoms with E-state index < -0.39 is 10.0 Å². The van der Waals surface area contributed by atoms with E-state index in [0.29, 0.717) is 16.9 Å². The summed E-state index contributed by atoms with van der Waals surface area (Å²) in [5, 5.41) is 6.41. The average molecular weight is 280 g/mol.